The molecule has 0 radical (unpaired) electrons. The van der Waals surface area contributed by atoms with Crippen molar-refractivity contribution in [3.8, 4) is 11.8 Å². The Hall–Kier alpha value is -1.30. The normalized spacial score (nSPS) is 15.7. The van der Waals surface area contributed by atoms with Crippen molar-refractivity contribution in [1.29, 1.82) is 0 Å². The maximum absolute atomic E-state index is 5.84. The van der Waals surface area contributed by atoms with Crippen LogP contribution in [-0.2, 0) is 15.4 Å². The van der Waals surface area contributed by atoms with E-state index in [1.807, 2.05) is 32.0 Å². The quantitative estimate of drug-likeness (QED) is 0.315. The Bertz CT molecular complexity index is 660. The van der Waals surface area contributed by atoms with E-state index in [-0.39, 0.29) is 21.7 Å². The highest BCUT2D eigenvalue weighted by Crippen LogP contribution is 2.41. The molecular weight excluding hydrogens is 332 g/mol. The molecule has 0 spiro atoms. The first kappa shape index (κ1) is 23.7. The number of benzene rings is 1. The van der Waals surface area contributed by atoms with Gasteiger partial charge in [-0.3, -0.25) is 0 Å². The summed E-state index contributed by atoms with van der Waals surface area (Å²) in [5.74, 6) is 7.09. The zero-order valence-corrected chi connectivity index (χ0v) is 19.4. The van der Waals surface area contributed by atoms with Crippen LogP contribution in [-0.4, -0.2) is 6.61 Å². The third-order valence-electron chi connectivity index (χ3n) is 6.27. The van der Waals surface area contributed by atoms with Crippen LogP contribution in [0.15, 0.2) is 30.3 Å². The molecule has 0 aliphatic rings. The lowest BCUT2D eigenvalue weighted by atomic mass is 9.66. The van der Waals surface area contributed by atoms with Crippen LogP contribution < -0.4 is 0 Å². The van der Waals surface area contributed by atoms with Gasteiger partial charge in [0.1, 0.15) is 5.60 Å². The summed E-state index contributed by atoms with van der Waals surface area (Å²) in [5, 5.41) is 0. The van der Waals surface area contributed by atoms with Crippen LogP contribution in [0, 0.1) is 33.5 Å². The standard InChI is InChI=1S/C25H40O2/c1-21(2,3)23(7,8)17-18-25(11,22(4,5)6)19-26-27-24(9,10)20-15-13-12-14-16-20/h12-16H,19H2,1-11H3. The second-order valence-corrected chi connectivity index (χ2v) is 10.9. The first-order chi connectivity index (χ1) is 12.0. The highest BCUT2D eigenvalue weighted by molar-refractivity contribution is 5.22. The molecule has 0 saturated carbocycles. The molecule has 2 nitrogen and oxygen atoms in total. The van der Waals surface area contributed by atoms with Gasteiger partial charge >= 0.3 is 0 Å². The van der Waals surface area contributed by atoms with Crippen molar-refractivity contribution in [2.75, 3.05) is 6.61 Å². The fourth-order valence-electron chi connectivity index (χ4n) is 2.10. The summed E-state index contributed by atoms with van der Waals surface area (Å²) in [6.07, 6.45) is 0. The van der Waals surface area contributed by atoms with Crippen LogP contribution in [0.25, 0.3) is 0 Å². The molecule has 0 heterocycles. The topological polar surface area (TPSA) is 18.5 Å². The largest absolute Gasteiger partial charge is 0.234 e. The number of hydrogen-bond donors (Lipinski definition) is 0. The van der Waals surface area contributed by atoms with Crippen LogP contribution in [0.2, 0.25) is 0 Å². The summed E-state index contributed by atoms with van der Waals surface area (Å²) >= 11 is 0. The fraction of sp³-hybridized carbons (Fsp3) is 0.680. The Labute approximate surface area is 168 Å². The lowest BCUT2D eigenvalue weighted by molar-refractivity contribution is -0.369. The monoisotopic (exact) mass is 372 g/mol. The third-order valence-corrected chi connectivity index (χ3v) is 6.27. The molecule has 0 bridgehead atoms. The minimum atomic E-state index is -0.516. The predicted octanol–water partition coefficient (Wildman–Crippen LogP) is 7.00. The molecule has 1 aromatic carbocycles. The van der Waals surface area contributed by atoms with Gasteiger partial charge in [-0.25, -0.2) is 9.78 Å². The molecule has 27 heavy (non-hydrogen) atoms. The van der Waals surface area contributed by atoms with E-state index in [9.17, 15) is 0 Å². The molecule has 1 unspecified atom stereocenters. The molecule has 0 saturated heterocycles. The van der Waals surface area contributed by atoms with Crippen LogP contribution in [0.4, 0.5) is 0 Å². The Morgan fingerprint density at radius 3 is 1.67 bits per heavy atom. The van der Waals surface area contributed by atoms with Crippen LogP contribution in [0.1, 0.15) is 81.7 Å². The number of rotatable bonds is 5. The van der Waals surface area contributed by atoms with E-state index in [1.54, 1.807) is 0 Å². The van der Waals surface area contributed by atoms with Crippen molar-refractivity contribution in [2.24, 2.45) is 21.7 Å². The van der Waals surface area contributed by atoms with Gasteiger partial charge in [-0.1, -0.05) is 83.7 Å². The molecule has 0 aliphatic carbocycles. The maximum atomic E-state index is 5.84. The van der Waals surface area contributed by atoms with Gasteiger partial charge < -0.3 is 0 Å². The van der Waals surface area contributed by atoms with Gasteiger partial charge in [0, 0.05) is 5.41 Å². The molecule has 1 rings (SSSR count). The van der Waals surface area contributed by atoms with Crippen molar-refractivity contribution in [3.05, 3.63) is 35.9 Å². The van der Waals surface area contributed by atoms with Crippen molar-refractivity contribution in [1.82, 2.24) is 0 Å². The van der Waals surface area contributed by atoms with E-state index in [0.29, 0.717) is 6.61 Å². The second-order valence-electron chi connectivity index (χ2n) is 10.9. The van der Waals surface area contributed by atoms with Gasteiger partial charge in [-0.2, -0.15) is 0 Å². The first-order valence-electron chi connectivity index (χ1n) is 9.92. The molecule has 0 fully saturated rings. The lowest BCUT2D eigenvalue weighted by Crippen LogP contribution is -2.38. The summed E-state index contributed by atoms with van der Waals surface area (Å²) in [6.45, 7) is 24.4. The van der Waals surface area contributed by atoms with Gasteiger partial charge in [0.15, 0.2) is 0 Å². The van der Waals surface area contributed by atoms with Crippen LogP contribution in [0.5, 0.6) is 0 Å². The first-order valence-corrected chi connectivity index (χ1v) is 9.92. The molecule has 0 aromatic heterocycles. The number of hydrogen-bond acceptors (Lipinski definition) is 2. The highest BCUT2D eigenvalue weighted by atomic mass is 17.2. The summed E-state index contributed by atoms with van der Waals surface area (Å²) in [5.41, 5.74) is 0.200. The Kier molecular flexibility index (Phi) is 7.01. The van der Waals surface area contributed by atoms with E-state index in [0.717, 1.165) is 5.56 Å². The van der Waals surface area contributed by atoms with E-state index in [2.05, 4.69) is 86.3 Å². The van der Waals surface area contributed by atoms with E-state index >= 15 is 0 Å². The van der Waals surface area contributed by atoms with Gasteiger partial charge in [-0.15, -0.1) is 0 Å². The van der Waals surface area contributed by atoms with Crippen LogP contribution in [0.3, 0.4) is 0 Å². The molecule has 1 atom stereocenters. The Morgan fingerprint density at radius 1 is 0.704 bits per heavy atom. The van der Waals surface area contributed by atoms with Crippen LogP contribution >= 0.6 is 0 Å². The maximum Gasteiger partial charge on any atom is 0.123 e. The molecule has 1 aromatic rings. The van der Waals surface area contributed by atoms with Crippen molar-refractivity contribution >= 4 is 0 Å². The summed E-state index contributed by atoms with van der Waals surface area (Å²) in [4.78, 5) is 11.6. The van der Waals surface area contributed by atoms with E-state index in [1.165, 1.54) is 0 Å². The average molecular weight is 373 g/mol. The van der Waals surface area contributed by atoms with Gasteiger partial charge in [0.25, 0.3) is 0 Å². The Balaban J connectivity index is 2.97. The molecule has 152 valence electrons. The van der Waals surface area contributed by atoms with E-state index < -0.39 is 5.60 Å². The van der Waals surface area contributed by atoms with Crippen molar-refractivity contribution in [2.45, 2.75) is 81.8 Å². The zero-order valence-electron chi connectivity index (χ0n) is 19.4. The summed E-state index contributed by atoms with van der Waals surface area (Å²) < 4.78 is 0. The predicted molar refractivity (Wildman–Crippen MR) is 115 cm³/mol. The molecule has 0 N–H and O–H groups in total. The third kappa shape index (κ3) is 6.09. The molecule has 0 aliphatic heterocycles. The SMILES string of the molecule is CC(C)(OOCC(C)(C#CC(C)(C)C(C)(C)C)C(C)(C)C)c1ccccc1. The Morgan fingerprint density at radius 2 is 1.22 bits per heavy atom. The summed E-state index contributed by atoms with van der Waals surface area (Å²) in [7, 11) is 0. The molecule has 0 amide bonds. The zero-order chi connectivity index (χ0) is 21.1. The lowest BCUT2D eigenvalue weighted by Gasteiger charge is -2.39. The second kappa shape index (κ2) is 7.98. The molecule has 2 heteroatoms. The average Bonchev–Trinajstić information content (AvgIpc) is 2.51. The van der Waals surface area contributed by atoms with E-state index in [4.69, 9.17) is 9.78 Å². The smallest absolute Gasteiger partial charge is 0.123 e. The van der Waals surface area contributed by atoms with Crippen molar-refractivity contribution in [3.63, 3.8) is 0 Å². The minimum Gasteiger partial charge on any atom is -0.234 e. The minimum absolute atomic E-state index is 0.0474. The highest BCUT2D eigenvalue weighted by Gasteiger charge is 2.39. The fourth-order valence-corrected chi connectivity index (χ4v) is 2.10. The van der Waals surface area contributed by atoms with Gasteiger partial charge in [0.05, 0.1) is 12.0 Å². The van der Waals surface area contributed by atoms with Gasteiger partial charge in [0.2, 0.25) is 0 Å². The van der Waals surface area contributed by atoms with Crippen molar-refractivity contribution < 1.29 is 9.78 Å². The molecular formula is C25H40O2. The van der Waals surface area contributed by atoms with Gasteiger partial charge in [-0.05, 0) is 51.0 Å². The summed E-state index contributed by atoms with van der Waals surface area (Å²) in [6, 6.07) is 10.1.